The molecule has 10 heteroatoms. The first kappa shape index (κ1) is 17.6. The van der Waals surface area contributed by atoms with Gasteiger partial charge < -0.3 is 15.2 Å². The van der Waals surface area contributed by atoms with Gasteiger partial charge in [-0.2, -0.15) is 5.10 Å². The van der Waals surface area contributed by atoms with E-state index >= 15 is 0 Å². The van der Waals surface area contributed by atoms with E-state index in [-0.39, 0.29) is 18.2 Å². The van der Waals surface area contributed by atoms with Gasteiger partial charge in [-0.15, -0.1) is 0 Å². The number of allylic oxidation sites excluding steroid dienone is 1. The first-order valence-electron chi connectivity index (χ1n) is 8.12. The number of carbonyl (C=O) groups is 3. The van der Waals surface area contributed by atoms with Crippen LogP contribution in [0.2, 0.25) is 0 Å². The van der Waals surface area contributed by atoms with E-state index in [4.69, 9.17) is 4.52 Å². The Balaban J connectivity index is 1.67. The molecule has 138 valence electrons. The summed E-state index contributed by atoms with van der Waals surface area (Å²) in [6.45, 7) is 5.18. The number of hydrogen-bond donors (Lipinski definition) is 3. The van der Waals surface area contributed by atoms with Crippen LogP contribution in [0, 0.1) is 5.92 Å². The molecule has 2 heterocycles. The molecule has 1 aromatic rings. The number of hydrogen-bond acceptors (Lipinski definition) is 7. The fourth-order valence-electron chi connectivity index (χ4n) is 2.90. The second-order valence-electron chi connectivity index (χ2n) is 6.44. The maximum atomic E-state index is 12.3. The summed E-state index contributed by atoms with van der Waals surface area (Å²) in [6.07, 6.45) is 3.34. The number of nitrogens with zero attached hydrogens (tertiary/aromatic N) is 3. The van der Waals surface area contributed by atoms with Gasteiger partial charge in [-0.25, -0.2) is 4.79 Å². The molecule has 0 radical (unpaired) electrons. The van der Waals surface area contributed by atoms with Crippen molar-refractivity contribution in [2.45, 2.75) is 25.3 Å². The van der Waals surface area contributed by atoms with Gasteiger partial charge in [-0.1, -0.05) is 5.16 Å². The van der Waals surface area contributed by atoms with Gasteiger partial charge in [0.05, 0.1) is 6.54 Å². The van der Waals surface area contributed by atoms with Crippen LogP contribution in [-0.4, -0.2) is 53.9 Å². The number of carbonyl (C=O) groups excluding carboxylic acids is 3. The van der Waals surface area contributed by atoms with E-state index in [2.05, 4.69) is 32.9 Å². The zero-order valence-electron chi connectivity index (χ0n) is 14.5. The maximum absolute atomic E-state index is 12.3. The van der Waals surface area contributed by atoms with Gasteiger partial charge in [0, 0.05) is 26.0 Å². The lowest BCUT2D eigenvalue weighted by Gasteiger charge is -2.25. The molecule has 1 saturated heterocycles. The topological polar surface area (TPSA) is 129 Å². The van der Waals surface area contributed by atoms with Gasteiger partial charge in [0.25, 0.3) is 11.8 Å². The Bertz CT molecular complexity index is 796. The molecule has 0 aromatic carbocycles. The lowest BCUT2D eigenvalue weighted by atomic mass is 9.93. The van der Waals surface area contributed by atoms with Crippen molar-refractivity contribution in [1.29, 1.82) is 0 Å². The Kier molecular flexibility index (Phi) is 4.49. The van der Waals surface area contributed by atoms with Crippen molar-refractivity contribution in [1.82, 2.24) is 26.1 Å². The third kappa shape index (κ3) is 3.30. The molecule has 0 spiro atoms. The number of imide groups is 1. The van der Waals surface area contributed by atoms with E-state index in [0.29, 0.717) is 5.69 Å². The third-order valence-electron chi connectivity index (χ3n) is 4.51. The highest BCUT2D eigenvalue weighted by Gasteiger charge is 2.56. The summed E-state index contributed by atoms with van der Waals surface area (Å²) >= 11 is 0. The van der Waals surface area contributed by atoms with Crippen molar-refractivity contribution in [3.63, 3.8) is 0 Å². The van der Waals surface area contributed by atoms with E-state index in [0.717, 1.165) is 18.4 Å². The van der Waals surface area contributed by atoms with E-state index in [1.165, 1.54) is 11.1 Å². The van der Waals surface area contributed by atoms with Crippen LogP contribution in [0.15, 0.2) is 21.9 Å². The quantitative estimate of drug-likeness (QED) is 0.364. The molecular weight excluding hydrogens is 340 g/mol. The lowest BCUT2D eigenvalue weighted by Crippen LogP contribution is -2.57. The summed E-state index contributed by atoms with van der Waals surface area (Å²) in [5.41, 5.74) is 0.123. The highest BCUT2D eigenvalue weighted by molar-refractivity contribution is 6.08. The number of amides is 4. The summed E-state index contributed by atoms with van der Waals surface area (Å²) in [7, 11) is 1.71. The smallest absolute Gasteiger partial charge is 0.322 e. The van der Waals surface area contributed by atoms with Crippen LogP contribution in [-0.2, 0) is 4.79 Å². The van der Waals surface area contributed by atoms with E-state index in [1.54, 1.807) is 20.2 Å². The van der Waals surface area contributed by atoms with E-state index < -0.39 is 23.4 Å². The minimum atomic E-state index is -1.09. The van der Waals surface area contributed by atoms with Gasteiger partial charge in [-0.05, 0) is 31.3 Å². The molecule has 2 fully saturated rings. The summed E-state index contributed by atoms with van der Waals surface area (Å²) in [6, 6.07) is 0.952. The van der Waals surface area contributed by atoms with Gasteiger partial charge in [0.1, 0.15) is 11.2 Å². The van der Waals surface area contributed by atoms with Crippen LogP contribution < -0.4 is 16.0 Å². The van der Waals surface area contributed by atoms with Gasteiger partial charge in [0.2, 0.25) is 5.76 Å². The molecule has 3 N–H and O–H groups in total. The van der Waals surface area contributed by atoms with Gasteiger partial charge in [0.15, 0.2) is 0 Å². The number of hydrazone groups is 1. The SMILES string of the molecule is C=NN(C)/C=C(\C)c1cc(C(=O)NC[C@@]2(C3CC3)NC(=O)NC2=O)on1. The first-order chi connectivity index (χ1) is 12.4. The van der Waals surface area contributed by atoms with Crippen molar-refractivity contribution in [2.24, 2.45) is 11.0 Å². The van der Waals surface area contributed by atoms with Crippen LogP contribution in [0.25, 0.3) is 5.57 Å². The molecule has 1 aromatic heterocycles. The molecule has 1 aliphatic carbocycles. The van der Waals surface area contributed by atoms with Crippen molar-refractivity contribution in [3.05, 3.63) is 23.7 Å². The summed E-state index contributed by atoms with van der Waals surface area (Å²) in [5.74, 6) is -0.896. The molecular formula is C16H20N6O4. The molecule has 0 unspecified atom stereocenters. The predicted molar refractivity (Wildman–Crippen MR) is 91.9 cm³/mol. The molecule has 10 nitrogen and oxygen atoms in total. The van der Waals surface area contributed by atoms with Crippen LogP contribution in [0.1, 0.15) is 36.0 Å². The Morgan fingerprint density at radius 2 is 2.31 bits per heavy atom. The molecule has 1 aliphatic heterocycles. The minimum Gasteiger partial charge on any atom is -0.350 e. The number of nitrogens with one attached hydrogen (secondary N) is 3. The van der Waals surface area contributed by atoms with E-state index in [9.17, 15) is 14.4 Å². The first-order valence-corrected chi connectivity index (χ1v) is 8.12. The van der Waals surface area contributed by atoms with Crippen LogP contribution >= 0.6 is 0 Å². The Morgan fingerprint density at radius 3 is 2.88 bits per heavy atom. The molecule has 1 saturated carbocycles. The highest BCUT2D eigenvalue weighted by Crippen LogP contribution is 2.41. The molecule has 26 heavy (non-hydrogen) atoms. The normalized spacial score (nSPS) is 22.6. The monoisotopic (exact) mass is 360 g/mol. The van der Waals surface area contributed by atoms with Gasteiger partial charge in [-0.3, -0.25) is 19.9 Å². The average Bonchev–Trinajstić information content (AvgIpc) is 3.26. The number of urea groups is 1. The fourth-order valence-corrected chi connectivity index (χ4v) is 2.90. The molecule has 1 atom stereocenters. The van der Waals surface area contributed by atoms with Crippen LogP contribution in [0.4, 0.5) is 4.79 Å². The maximum Gasteiger partial charge on any atom is 0.322 e. The Labute approximate surface area is 149 Å². The number of rotatable bonds is 7. The second-order valence-corrected chi connectivity index (χ2v) is 6.44. The van der Waals surface area contributed by atoms with Crippen molar-refractivity contribution in [3.8, 4) is 0 Å². The highest BCUT2D eigenvalue weighted by atomic mass is 16.5. The molecule has 2 aliphatic rings. The van der Waals surface area contributed by atoms with Crippen molar-refractivity contribution < 1.29 is 18.9 Å². The van der Waals surface area contributed by atoms with Gasteiger partial charge >= 0.3 is 6.03 Å². The minimum absolute atomic E-state index is 0.0117. The summed E-state index contributed by atoms with van der Waals surface area (Å²) in [4.78, 5) is 36.0. The predicted octanol–water partition coefficient (Wildman–Crippen LogP) is 0.301. The molecule has 3 rings (SSSR count). The van der Waals surface area contributed by atoms with Crippen LogP contribution in [0.3, 0.4) is 0 Å². The molecule has 0 bridgehead atoms. The van der Waals surface area contributed by atoms with Crippen molar-refractivity contribution in [2.75, 3.05) is 13.6 Å². The zero-order chi connectivity index (χ0) is 18.9. The van der Waals surface area contributed by atoms with E-state index in [1.807, 2.05) is 0 Å². The molecule has 4 amide bonds. The third-order valence-corrected chi connectivity index (χ3v) is 4.51. The average molecular weight is 360 g/mol. The summed E-state index contributed by atoms with van der Waals surface area (Å²) in [5, 5.41) is 16.6. The lowest BCUT2D eigenvalue weighted by molar-refractivity contribution is -0.124. The second kappa shape index (κ2) is 6.62. The Morgan fingerprint density at radius 1 is 1.58 bits per heavy atom. The van der Waals surface area contributed by atoms with Crippen LogP contribution in [0.5, 0.6) is 0 Å². The number of aromatic nitrogens is 1. The summed E-state index contributed by atoms with van der Waals surface area (Å²) < 4.78 is 5.08. The Hall–Kier alpha value is -3.17. The standard InChI is InChI=1S/C16H20N6O4/c1-9(7-22(3)17-2)11-6-12(26-21-11)13(23)18-8-16(10-4-5-10)14(24)19-15(25)20-16/h6-7,10H,2,4-5,8H2,1,3H3,(H,18,23)(H2,19,20,24,25)/b9-7+/t16-/m0/s1. The zero-order valence-corrected chi connectivity index (χ0v) is 14.5. The fraction of sp³-hybridized carbons (Fsp3) is 0.438. The van der Waals surface area contributed by atoms with Crippen molar-refractivity contribution >= 4 is 30.1 Å². The largest absolute Gasteiger partial charge is 0.350 e.